The summed E-state index contributed by atoms with van der Waals surface area (Å²) < 4.78 is 11.6. The van der Waals surface area contributed by atoms with Crippen molar-refractivity contribution in [1.82, 2.24) is 4.90 Å². The van der Waals surface area contributed by atoms with Crippen molar-refractivity contribution in [2.45, 2.75) is 26.7 Å². The fourth-order valence-electron chi connectivity index (χ4n) is 2.04. The number of amides is 1. The van der Waals surface area contributed by atoms with E-state index in [4.69, 9.17) is 5.11 Å². The van der Waals surface area contributed by atoms with E-state index in [1.54, 1.807) is 4.90 Å². The molecular formula is C12H21NO4S. The summed E-state index contributed by atoms with van der Waals surface area (Å²) in [4.78, 5) is 24.3. The van der Waals surface area contributed by atoms with Crippen molar-refractivity contribution in [2.75, 3.05) is 24.6 Å². The van der Waals surface area contributed by atoms with E-state index in [0.29, 0.717) is 37.6 Å². The van der Waals surface area contributed by atoms with Gasteiger partial charge in [-0.15, -0.1) is 0 Å². The van der Waals surface area contributed by atoms with Crippen LogP contribution in [0.15, 0.2) is 0 Å². The number of hydrogen-bond donors (Lipinski definition) is 1. The minimum Gasteiger partial charge on any atom is -0.481 e. The maximum atomic E-state index is 11.9. The van der Waals surface area contributed by atoms with Crippen molar-refractivity contribution in [3.05, 3.63) is 0 Å². The van der Waals surface area contributed by atoms with Crippen molar-refractivity contribution in [3.63, 3.8) is 0 Å². The Morgan fingerprint density at radius 2 is 1.89 bits per heavy atom. The highest BCUT2D eigenvalue weighted by atomic mass is 32.2. The van der Waals surface area contributed by atoms with Crippen molar-refractivity contribution >= 4 is 22.7 Å². The van der Waals surface area contributed by atoms with Gasteiger partial charge in [-0.25, -0.2) is 0 Å². The van der Waals surface area contributed by atoms with E-state index in [1.807, 2.05) is 13.8 Å². The molecule has 1 rings (SSSR count). The summed E-state index contributed by atoms with van der Waals surface area (Å²) in [6, 6.07) is 0. The Morgan fingerprint density at radius 1 is 1.33 bits per heavy atom. The third-order valence-corrected chi connectivity index (χ3v) is 4.61. The monoisotopic (exact) mass is 275 g/mol. The third kappa shape index (κ3) is 4.76. The van der Waals surface area contributed by atoms with Crippen LogP contribution in [0.5, 0.6) is 0 Å². The Morgan fingerprint density at radius 3 is 2.33 bits per heavy atom. The van der Waals surface area contributed by atoms with Gasteiger partial charge >= 0.3 is 5.97 Å². The molecule has 1 fully saturated rings. The number of likely N-dealkylation sites (tertiary alicyclic amines) is 1. The zero-order valence-corrected chi connectivity index (χ0v) is 11.7. The molecular weight excluding hydrogens is 254 g/mol. The SMILES string of the molecule is CC(C)CS(=O)CC(=O)N1CCC(C(=O)O)CC1. The van der Waals surface area contributed by atoms with Crippen LogP contribution in [-0.2, 0) is 20.4 Å². The number of rotatable bonds is 5. The number of carboxylic acid groups (broad SMARTS) is 1. The first kappa shape index (κ1) is 15.1. The Labute approximate surface area is 110 Å². The zero-order chi connectivity index (χ0) is 13.7. The summed E-state index contributed by atoms with van der Waals surface area (Å²) in [6.07, 6.45) is 0.996. The number of hydrogen-bond acceptors (Lipinski definition) is 3. The summed E-state index contributed by atoms with van der Waals surface area (Å²) in [7, 11) is -1.11. The van der Waals surface area contributed by atoms with Crippen LogP contribution in [0.4, 0.5) is 0 Å². The molecule has 1 atom stereocenters. The van der Waals surface area contributed by atoms with Crippen LogP contribution in [0.1, 0.15) is 26.7 Å². The lowest BCUT2D eigenvalue weighted by Crippen LogP contribution is -2.42. The summed E-state index contributed by atoms with van der Waals surface area (Å²) in [5.41, 5.74) is 0. The van der Waals surface area contributed by atoms with Crippen LogP contribution in [0.2, 0.25) is 0 Å². The van der Waals surface area contributed by atoms with E-state index in [2.05, 4.69) is 0 Å². The summed E-state index contributed by atoms with van der Waals surface area (Å²) >= 11 is 0. The number of aliphatic carboxylic acids is 1. The number of carbonyl (C=O) groups excluding carboxylic acids is 1. The maximum absolute atomic E-state index is 11.9. The molecule has 0 radical (unpaired) electrons. The van der Waals surface area contributed by atoms with Crippen LogP contribution in [0.25, 0.3) is 0 Å². The molecule has 1 heterocycles. The lowest BCUT2D eigenvalue weighted by molar-refractivity contribution is -0.145. The van der Waals surface area contributed by atoms with E-state index in [1.165, 1.54) is 0 Å². The number of piperidine rings is 1. The Bertz CT molecular complexity index is 335. The standard InChI is InChI=1S/C12H21NO4S/c1-9(2)7-18(17)8-11(14)13-5-3-10(4-6-13)12(15)16/h9-10H,3-8H2,1-2H3,(H,15,16). The molecule has 5 nitrogen and oxygen atoms in total. The highest BCUT2D eigenvalue weighted by Crippen LogP contribution is 2.17. The summed E-state index contributed by atoms with van der Waals surface area (Å²) in [6.45, 7) is 4.88. The smallest absolute Gasteiger partial charge is 0.306 e. The number of carboxylic acids is 1. The molecule has 1 saturated heterocycles. The number of carbonyl (C=O) groups is 2. The third-order valence-electron chi connectivity index (χ3n) is 3.00. The van der Waals surface area contributed by atoms with Crippen LogP contribution < -0.4 is 0 Å². The van der Waals surface area contributed by atoms with Crippen LogP contribution in [-0.4, -0.2) is 50.7 Å². The molecule has 18 heavy (non-hydrogen) atoms. The highest BCUT2D eigenvalue weighted by Gasteiger charge is 2.27. The topological polar surface area (TPSA) is 74.7 Å². The first-order valence-corrected chi connectivity index (χ1v) is 7.74. The molecule has 0 aliphatic carbocycles. The molecule has 6 heteroatoms. The van der Waals surface area contributed by atoms with Crippen LogP contribution in [0, 0.1) is 11.8 Å². The Balaban J connectivity index is 2.36. The van der Waals surface area contributed by atoms with Gasteiger partial charge in [-0.2, -0.15) is 0 Å². The molecule has 0 aromatic heterocycles. The van der Waals surface area contributed by atoms with Gasteiger partial charge in [0.05, 0.1) is 5.92 Å². The first-order chi connectivity index (χ1) is 8.40. The minimum atomic E-state index is -1.11. The lowest BCUT2D eigenvalue weighted by atomic mass is 9.97. The second-order valence-electron chi connectivity index (χ2n) is 5.14. The molecule has 0 bridgehead atoms. The van der Waals surface area contributed by atoms with Crippen molar-refractivity contribution in [3.8, 4) is 0 Å². The van der Waals surface area contributed by atoms with E-state index < -0.39 is 16.8 Å². The quantitative estimate of drug-likeness (QED) is 0.802. The van der Waals surface area contributed by atoms with Crippen molar-refractivity contribution < 1.29 is 18.9 Å². The molecule has 0 aromatic rings. The molecule has 1 unspecified atom stereocenters. The maximum Gasteiger partial charge on any atom is 0.306 e. The fraction of sp³-hybridized carbons (Fsp3) is 0.833. The Hall–Kier alpha value is -0.910. The predicted molar refractivity (Wildman–Crippen MR) is 69.7 cm³/mol. The first-order valence-electron chi connectivity index (χ1n) is 6.25. The van der Waals surface area contributed by atoms with Gasteiger partial charge in [0.1, 0.15) is 5.75 Å². The minimum absolute atomic E-state index is 0.0654. The van der Waals surface area contributed by atoms with Crippen LogP contribution in [0.3, 0.4) is 0 Å². The predicted octanol–water partition coefficient (Wildman–Crippen LogP) is 0.714. The van der Waals surface area contributed by atoms with E-state index in [9.17, 15) is 13.8 Å². The van der Waals surface area contributed by atoms with E-state index in [-0.39, 0.29) is 17.6 Å². The lowest BCUT2D eigenvalue weighted by Gasteiger charge is -2.30. The van der Waals surface area contributed by atoms with E-state index >= 15 is 0 Å². The van der Waals surface area contributed by atoms with Gasteiger partial charge in [-0.3, -0.25) is 13.8 Å². The van der Waals surface area contributed by atoms with Gasteiger partial charge in [0.15, 0.2) is 0 Å². The molecule has 0 spiro atoms. The second kappa shape index (κ2) is 6.87. The zero-order valence-electron chi connectivity index (χ0n) is 10.9. The van der Waals surface area contributed by atoms with Crippen molar-refractivity contribution in [2.24, 2.45) is 11.8 Å². The average Bonchev–Trinajstić information content (AvgIpc) is 2.27. The molecule has 1 N–H and O–H groups in total. The van der Waals surface area contributed by atoms with Gasteiger partial charge in [0.2, 0.25) is 5.91 Å². The molecule has 0 aromatic carbocycles. The highest BCUT2D eigenvalue weighted by molar-refractivity contribution is 7.85. The summed E-state index contributed by atoms with van der Waals surface area (Å²) in [5.74, 6) is -0.317. The largest absolute Gasteiger partial charge is 0.481 e. The van der Waals surface area contributed by atoms with E-state index in [0.717, 1.165) is 0 Å². The molecule has 1 aliphatic rings. The van der Waals surface area contributed by atoms with Gasteiger partial charge in [-0.05, 0) is 18.8 Å². The van der Waals surface area contributed by atoms with Crippen molar-refractivity contribution in [1.29, 1.82) is 0 Å². The van der Waals surface area contributed by atoms with Gasteiger partial charge in [0.25, 0.3) is 0 Å². The average molecular weight is 275 g/mol. The normalized spacial score (nSPS) is 18.9. The Kier molecular flexibility index (Phi) is 5.78. The molecule has 1 aliphatic heterocycles. The molecule has 0 saturated carbocycles. The van der Waals surface area contributed by atoms with Crippen LogP contribution >= 0.6 is 0 Å². The molecule has 1 amide bonds. The fourth-order valence-corrected chi connectivity index (χ4v) is 3.35. The second-order valence-corrected chi connectivity index (χ2v) is 6.64. The van der Waals surface area contributed by atoms with Gasteiger partial charge in [-0.1, -0.05) is 13.8 Å². The van der Waals surface area contributed by atoms with Gasteiger partial charge < -0.3 is 10.0 Å². The number of nitrogens with zero attached hydrogens (tertiary/aromatic N) is 1. The van der Waals surface area contributed by atoms with Gasteiger partial charge in [0, 0.05) is 29.6 Å². The summed E-state index contributed by atoms with van der Waals surface area (Å²) in [5, 5.41) is 8.86. The molecule has 104 valence electrons.